The number of carbonyl (C=O) groups is 1. The number of nitrogens with zero attached hydrogens (tertiary/aromatic N) is 1. The minimum Gasteiger partial charge on any atom is -0.366 e. The third-order valence-electron chi connectivity index (χ3n) is 4.33. The van der Waals surface area contributed by atoms with Crippen molar-refractivity contribution < 1.29 is 9.18 Å². The number of amides is 1. The molecule has 0 saturated carbocycles. The van der Waals surface area contributed by atoms with E-state index >= 15 is 0 Å². The quantitative estimate of drug-likeness (QED) is 0.487. The molecule has 0 aromatic heterocycles. The zero-order valence-electron chi connectivity index (χ0n) is 16.4. The van der Waals surface area contributed by atoms with Crippen LogP contribution in [0.4, 0.5) is 4.39 Å². The summed E-state index contributed by atoms with van der Waals surface area (Å²) in [5.41, 5.74) is 7.18. The molecule has 0 saturated heterocycles. The highest BCUT2D eigenvalue weighted by Crippen LogP contribution is 2.29. The Labute approximate surface area is 170 Å². The Hall–Kier alpha value is -2.60. The maximum Gasteiger partial charge on any atom is 0.248 e. The summed E-state index contributed by atoms with van der Waals surface area (Å²) < 4.78 is 13.3. The van der Waals surface area contributed by atoms with Crippen molar-refractivity contribution in [3.05, 3.63) is 70.0 Å². The molecule has 0 atom stereocenters. The van der Waals surface area contributed by atoms with Crippen LogP contribution in [-0.2, 0) is 12.0 Å². The first-order valence-corrected chi connectivity index (χ1v) is 9.47. The number of halogens is 2. The molecular formula is C21H26ClFN4O. The van der Waals surface area contributed by atoms with Crippen molar-refractivity contribution in [2.75, 3.05) is 13.1 Å². The van der Waals surface area contributed by atoms with Gasteiger partial charge in [-0.15, -0.1) is 0 Å². The molecule has 0 spiro atoms. The molecule has 7 heteroatoms. The van der Waals surface area contributed by atoms with Gasteiger partial charge in [0.1, 0.15) is 5.82 Å². The van der Waals surface area contributed by atoms with Crippen LogP contribution < -0.4 is 16.4 Å². The van der Waals surface area contributed by atoms with Gasteiger partial charge in [0.05, 0.1) is 6.54 Å². The third kappa shape index (κ3) is 5.96. The Kier molecular flexibility index (Phi) is 7.40. The van der Waals surface area contributed by atoms with E-state index in [9.17, 15) is 9.18 Å². The first-order valence-electron chi connectivity index (χ1n) is 9.09. The molecule has 2 rings (SSSR count). The van der Waals surface area contributed by atoms with E-state index in [0.29, 0.717) is 36.2 Å². The second-order valence-electron chi connectivity index (χ2n) is 7.12. The lowest BCUT2D eigenvalue weighted by Gasteiger charge is -2.27. The molecule has 0 fully saturated rings. The van der Waals surface area contributed by atoms with Gasteiger partial charge in [-0.25, -0.2) is 9.38 Å². The molecular weight excluding hydrogens is 379 g/mol. The van der Waals surface area contributed by atoms with Crippen LogP contribution in [0.15, 0.2) is 47.5 Å². The second kappa shape index (κ2) is 9.55. The van der Waals surface area contributed by atoms with Gasteiger partial charge < -0.3 is 16.4 Å². The van der Waals surface area contributed by atoms with Gasteiger partial charge in [0.15, 0.2) is 5.96 Å². The van der Waals surface area contributed by atoms with Gasteiger partial charge in [0, 0.05) is 29.1 Å². The van der Waals surface area contributed by atoms with Crippen LogP contribution >= 0.6 is 11.6 Å². The molecule has 0 aliphatic carbocycles. The molecule has 150 valence electrons. The Morgan fingerprint density at radius 1 is 1.21 bits per heavy atom. The summed E-state index contributed by atoms with van der Waals surface area (Å²) in [6, 6.07) is 11.5. The van der Waals surface area contributed by atoms with E-state index in [2.05, 4.69) is 15.6 Å². The van der Waals surface area contributed by atoms with Crippen molar-refractivity contribution in [1.82, 2.24) is 10.6 Å². The van der Waals surface area contributed by atoms with Crippen LogP contribution in [0.1, 0.15) is 42.3 Å². The van der Waals surface area contributed by atoms with Crippen molar-refractivity contribution in [2.24, 2.45) is 10.7 Å². The van der Waals surface area contributed by atoms with Crippen LogP contribution in [0, 0.1) is 5.82 Å². The van der Waals surface area contributed by atoms with E-state index < -0.39 is 5.91 Å². The van der Waals surface area contributed by atoms with Crippen molar-refractivity contribution in [3.8, 4) is 0 Å². The molecule has 28 heavy (non-hydrogen) atoms. The van der Waals surface area contributed by atoms with E-state index in [1.807, 2.05) is 26.8 Å². The molecule has 0 radical (unpaired) electrons. The third-order valence-corrected chi connectivity index (χ3v) is 4.65. The lowest BCUT2D eigenvalue weighted by molar-refractivity contribution is 0.1000. The van der Waals surface area contributed by atoms with Crippen LogP contribution in [0.3, 0.4) is 0 Å². The Balaban J connectivity index is 2.10. The van der Waals surface area contributed by atoms with Gasteiger partial charge in [-0.1, -0.05) is 43.6 Å². The van der Waals surface area contributed by atoms with Crippen molar-refractivity contribution in [3.63, 3.8) is 0 Å². The largest absolute Gasteiger partial charge is 0.366 e. The average Bonchev–Trinajstić information content (AvgIpc) is 2.64. The minimum atomic E-state index is -0.464. The highest BCUT2D eigenvalue weighted by molar-refractivity contribution is 6.31. The highest BCUT2D eigenvalue weighted by atomic mass is 35.5. The number of hydrogen-bond donors (Lipinski definition) is 3. The number of nitrogens with one attached hydrogen (secondary N) is 2. The second-order valence-corrected chi connectivity index (χ2v) is 7.53. The number of aliphatic imine (C=N–C) groups is 1. The fourth-order valence-electron chi connectivity index (χ4n) is 2.77. The predicted octanol–water partition coefficient (Wildman–Crippen LogP) is 3.61. The fourth-order valence-corrected chi connectivity index (χ4v) is 3.20. The number of hydrogen-bond acceptors (Lipinski definition) is 2. The number of nitrogens with two attached hydrogens (primary N) is 1. The topological polar surface area (TPSA) is 79.5 Å². The van der Waals surface area contributed by atoms with Gasteiger partial charge in [0.2, 0.25) is 5.91 Å². The smallest absolute Gasteiger partial charge is 0.248 e. The van der Waals surface area contributed by atoms with E-state index in [1.54, 1.807) is 24.3 Å². The molecule has 0 unspecified atom stereocenters. The maximum absolute atomic E-state index is 13.3. The lowest BCUT2D eigenvalue weighted by Crippen LogP contribution is -2.43. The zero-order chi connectivity index (χ0) is 20.7. The molecule has 0 aliphatic heterocycles. The van der Waals surface area contributed by atoms with Crippen molar-refractivity contribution in [1.29, 1.82) is 0 Å². The fraction of sp³-hybridized carbons (Fsp3) is 0.333. The van der Waals surface area contributed by atoms with E-state index in [4.69, 9.17) is 17.3 Å². The zero-order valence-corrected chi connectivity index (χ0v) is 17.1. The molecule has 5 nitrogen and oxygen atoms in total. The predicted molar refractivity (Wildman–Crippen MR) is 112 cm³/mol. The summed E-state index contributed by atoms with van der Waals surface area (Å²) in [5, 5.41) is 6.90. The van der Waals surface area contributed by atoms with Gasteiger partial charge in [0.25, 0.3) is 0 Å². The average molecular weight is 405 g/mol. The molecule has 0 heterocycles. The molecule has 4 N–H and O–H groups in total. The summed E-state index contributed by atoms with van der Waals surface area (Å²) in [6.07, 6.45) is 0. The van der Waals surface area contributed by atoms with Gasteiger partial charge >= 0.3 is 0 Å². The number of benzene rings is 2. The van der Waals surface area contributed by atoms with Gasteiger partial charge in [-0.2, -0.15) is 0 Å². The molecule has 2 aromatic carbocycles. The van der Waals surface area contributed by atoms with Crippen molar-refractivity contribution in [2.45, 2.75) is 32.7 Å². The van der Waals surface area contributed by atoms with Crippen LogP contribution in [0.2, 0.25) is 5.02 Å². The van der Waals surface area contributed by atoms with E-state index in [-0.39, 0.29) is 11.2 Å². The first-order chi connectivity index (χ1) is 13.2. The maximum atomic E-state index is 13.3. The van der Waals surface area contributed by atoms with Crippen molar-refractivity contribution >= 4 is 23.5 Å². The van der Waals surface area contributed by atoms with E-state index in [1.165, 1.54) is 12.1 Å². The molecule has 1 amide bonds. The summed E-state index contributed by atoms with van der Waals surface area (Å²) in [7, 11) is 0. The standard InChI is InChI=1S/C21H26ClFN4O/c1-4-25-20(26-12-14-6-5-7-15(10-14)19(24)28)27-13-21(2,3)17-9-8-16(23)11-18(17)22/h5-11H,4,12-13H2,1-3H3,(H2,24,28)(H2,25,26,27). The normalized spacial score (nSPS) is 12.0. The number of rotatable bonds is 7. The summed E-state index contributed by atoms with van der Waals surface area (Å²) in [4.78, 5) is 15.9. The Morgan fingerprint density at radius 2 is 1.96 bits per heavy atom. The molecule has 2 aromatic rings. The number of guanidine groups is 1. The summed E-state index contributed by atoms with van der Waals surface area (Å²) in [5.74, 6) is -0.183. The number of primary amides is 1. The van der Waals surface area contributed by atoms with Gasteiger partial charge in [-0.3, -0.25) is 4.79 Å². The number of carbonyl (C=O) groups excluding carboxylic acids is 1. The SMILES string of the molecule is CCNC(=NCc1cccc(C(N)=O)c1)NCC(C)(C)c1ccc(F)cc1Cl. The molecule has 0 bridgehead atoms. The summed E-state index contributed by atoms with van der Waals surface area (Å²) in [6.45, 7) is 7.68. The summed E-state index contributed by atoms with van der Waals surface area (Å²) >= 11 is 6.22. The van der Waals surface area contributed by atoms with Crippen LogP contribution in [0.5, 0.6) is 0 Å². The lowest BCUT2D eigenvalue weighted by atomic mass is 9.84. The first kappa shape index (κ1) is 21.7. The monoisotopic (exact) mass is 404 g/mol. The Bertz CT molecular complexity index is 867. The highest BCUT2D eigenvalue weighted by Gasteiger charge is 2.24. The minimum absolute atomic E-state index is 0.340. The van der Waals surface area contributed by atoms with Crippen LogP contribution in [-0.4, -0.2) is 25.0 Å². The molecule has 0 aliphatic rings. The van der Waals surface area contributed by atoms with Gasteiger partial charge in [-0.05, 0) is 42.3 Å². The van der Waals surface area contributed by atoms with E-state index in [0.717, 1.165) is 11.1 Å². The Morgan fingerprint density at radius 3 is 2.61 bits per heavy atom. The van der Waals surface area contributed by atoms with Crippen LogP contribution in [0.25, 0.3) is 0 Å².